The molecule has 0 aromatic heterocycles. The second-order valence-corrected chi connectivity index (χ2v) is 6.02. The molecule has 1 unspecified atom stereocenters. The smallest absolute Gasteiger partial charge is 0.323 e. The van der Waals surface area contributed by atoms with Gasteiger partial charge < -0.3 is 21.3 Å². The molecule has 1 aliphatic heterocycles. The van der Waals surface area contributed by atoms with Gasteiger partial charge in [0.05, 0.1) is 6.04 Å². The Kier molecular flexibility index (Phi) is 7.44. The first-order valence-electron chi connectivity index (χ1n) is 8.48. The average molecular weight is 375 g/mol. The molecule has 4 N–H and O–H groups in total. The minimum Gasteiger partial charge on any atom is -0.325 e. The zero-order valence-electron chi connectivity index (χ0n) is 14.3. The van der Waals surface area contributed by atoms with Crippen molar-refractivity contribution >= 4 is 41.4 Å². The van der Waals surface area contributed by atoms with E-state index in [1.54, 1.807) is 24.3 Å². The highest BCUT2D eigenvalue weighted by Crippen LogP contribution is 2.17. The summed E-state index contributed by atoms with van der Waals surface area (Å²) >= 11 is 0. The van der Waals surface area contributed by atoms with E-state index >= 15 is 0 Å². The number of nitrogens with one attached hydrogen (secondary N) is 4. The van der Waals surface area contributed by atoms with Crippen LogP contribution in [0, 0.1) is 0 Å². The molecule has 0 spiro atoms. The Balaban J connectivity index is 0.00000243. The number of para-hydroxylation sites is 1. The van der Waals surface area contributed by atoms with E-state index in [1.165, 1.54) is 0 Å². The van der Waals surface area contributed by atoms with Crippen LogP contribution in [0.4, 0.5) is 21.9 Å². The highest BCUT2D eigenvalue weighted by molar-refractivity contribution is 6.00. The fourth-order valence-corrected chi connectivity index (χ4v) is 2.79. The van der Waals surface area contributed by atoms with Gasteiger partial charge in [-0.2, -0.15) is 0 Å². The van der Waals surface area contributed by atoms with E-state index in [0.29, 0.717) is 17.1 Å². The summed E-state index contributed by atoms with van der Waals surface area (Å²) in [4.78, 5) is 24.3. The lowest BCUT2D eigenvalue weighted by Crippen LogP contribution is -2.43. The third-order valence-electron chi connectivity index (χ3n) is 4.05. The summed E-state index contributed by atoms with van der Waals surface area (Å²) in [5, 5.41) is 11.6. The molecule has 0 aliphatic carbocycles. The summed E-state index contributed by atoms with van der Waals surface area (Å²) in [5.74, 6) is -0.0365. The Bertz CT molecular complexity index is 733. The van der Waals surface area contributed by atoms with Gasteiger partial charge in [-0.3, -0.25) is 4.79 Å². The molecule has 0 saturated carbocycles. The first-order chi connectivity index (χ1) is 12.2. The second kappa shape index (κ2) is 9.79. The SMILES string of the molecule is Cl.O=C(Nc1ccccc1)Nc1cccc(NC(=O)C2CCCCN2)c1. The van der Waals surface area contributed by atoms with Gasteiger partial charge in [0.15, 0.2) is 0 Å². The first-order valence-corrected chi connectivity index (χ1v) is 8.48. The molecule has 26 heavy (non-hydrogen) atoms. The Morgan fingerprint density at radius 3 is 2.19 bits per heavy atom. The van der Waals surface area contributed by atoms with Crippen molar-refractivity contribution in [3.63, 3.8) is 0 Å². The number of carbonyl (C=O) groups excluding carboxylic acids is 2. The minimum absolute atomic E-state index is 0. The van der Waals surface area contributed by atoms with Crippen LogP contribution in [0.15, 0.2) is 54.6 Å². The van der Waals surface area contributed by atoms with E-state index in [2.05, 4.69) is 21.3 Å². The number of benzene rings is 2. The molecule has 1 saturated heterocycles. The molecule has 0 radical (unpaired) electrons. The van der Waals surface area contributed by atoms with Crippen LogP contribution in [0.1, 0.15) is 19.3 Å². The van der Waals surface area contributed by atoms with Crippen molar-refractivity contribution in [2.45, 2.75) is 25.3 Å². The molecule has 1 fully saturated rings. The quantitative estimate of drug-likeness (QED) is 0.656. The maximum absolute atomic E-state index is 12.3. The number of anilines is 3. The van der Waals surface area contributed by atoms with E-state index in [-0.39, 0.29) is 30.4 Å². The highest BCUT2D eigenvalue weighted by Gasteiger charge is 2.20. The van der Waals surface area contributed by atoms with Crippen LogP contribution in [-0.4, -0.2) is 24.5 Å². The Labute approximate surface area is 159 Å². The predicted molar refractivity (Wildman–Crippen MR) is 107 cm³/mol. The van der Waals surface area contributed by atoms with Crippen LogP contribution in [0.5, 0.6) is 0 Å². The molecule has 138 valence electrons. The van der Waals surface area contributed by atoms with Gasteiger partial charge in [-0.05, 0) is 49.7 Å². The number of hydrogen-bond acceptors (Lipinski definition) is 3. The molecule has 6 nitrogen and oxygen atoms in total. The Hall–Kier alpha value is -2.57. The Morgan fingerprint density at radius 1 is 0.846 bits per heavy atom. The second-order valence-electron chi connectivity index (χ2n) is 6.02. The largest absolute Gasteiger partial charge is 0.325 e. The van der Waals surface area contributed by atoms with E-state index in [0.717, 1.165) is 25.8 Å². The molecule has 3 rings (SSSR count). The van der Waals surface area contributed by atoms with Gasteiger partial charge in [0.2, 0.25) is 5.91 Å². The summed E-state index contributed by atoms with van der Waals surface area (Å²) in [6, 6.07) is 15.9. The molecule has 1 heterocycles. The normalized spacial score (nSPS) is 16.1. The first kappa shape index (κ1) is 19.8. The summed E-state index contributed by atoms with van der Waals surface area (Å²) in [6.07, 6.45) is 3.02. The van der Waals surface area contributed by atoms with Gasteiger partial charge in [0.25, 0.3) is 0 Å². The number of hydrogen-bond donors (Lipinski definition) is 4. The number of halogens is 1. The van der Waals surface area contributed by atoms with Crippen molar-refractivity contribution in [1.82, 2.24) is 5.32 Å². The van der Waals surface area contributed by atoms with Gasteiger partial charge in [-0.15, -0.1) is 12.4 Å². The summed E-state index contributed by atoms with van der Waals surface area (Å²) in [6.45, 7) is 0.874. The zero-order chi connectivity index (χ0) is 17.5. The van der Waals surface area contributed by atoms with Crippen LogP contribution in [0.2, 0.25) is 0 Å². The van der Waals surface area contributed by atoms with Crippen molar-refractivity contribution in [2.75, 3.05) is 22.5 Å². The summed E-state index contributed by atoms with van der Waals surface area (Å²) in [7, 11) is 0. The molecule has 1 atom stereocenters. The number of carbonyl (C=O) groups is 2. The van der Waals surface area contributed by atoms with Crippen LogP contribution in [0.25, 0.3) is 0 Å². The Morgan fingerprint density at radius 2 is 1.50 bits per heavy atom. The van der Waals surface area contributed by atoms with Crippen molar-refractivity contribution in [1.29, 1.82) is 0 Å². The standard InChI is InChI=1S/C19H22N4O2.ClH/c24-18(17-11-4-5-12-20-17)21-15-9-6-10-16(13-15)23-19(25)22-14-7-2-1-3-8-14;/h1-3,6-10,13,17,20H,4-5,11-12H2,(H,21,24)(H2,22,23,25);1H. The zero-order valence-corrected chi connectivity index (χ0v) is 15.1. The van der Waals surface area contributed by atoms with Crippen molar-refractivity contribution in [3.8, 4) is 0 Å². The third kappa shape index (κ3) is 5.75. The molecular formula is C19H23ClN4O2. The monoisotopic (exact) mass is 374 g/mol. The molecule has 3 amide bonds. The van der Waals surface area contributed by atoms with E-state index in [4.69, 9.17) is 0 Å². The fraction of sp³-hybridized carbons (Fsp3) is 0.263. The highest BCUT2D eigenvalue weighted by atomic mass is 35.5. The fourth-order valence-electron chi connectivity index (χ4n) is 2.79. The van der Waals surface area contributed by atoms with Gasteiger partial charge in [0.1, 0.15) is 0 Å². The van der Waals surface area contributed by atoms with Crippen LogP contribution >= 0.6 is 12.4 Å². The maximum atomic E-state index is 12.3. The van der Waals surface area contributed by atoms with Crippen molar-refractivity contribution < 1.29 is 9.59 Å². The molecule has 0 bridgehead atoms. The van der Waals surface area contributed by atoms with Gasteiger partial charge in [-0.1, -0.05) is 30.7 Å². The molecule has 7 heteroatoms. The lowest BCUT2D eigenvalue weighted by Gasteiger charge is -2.22. The minimum atomic E-state index is -0.330. The van der Waals surface area contributed by atoms with Crippen molar-refractivity contribution in [2.24, 2.45) is 0 Å². The van der Waals surface area contributed by atoms with E-state index in [1.807, 2.05) is 30.3 Å². The lowest BCUT2D eigenvalue weighted by atomic mass is 10.0. The summed E-state index contributed by atoms with van der Waals surface area (Å²) in [5.41, 5.74) is 1.99. The summed E-state index contributed by atoms with van der Waals surface area (Å²) < 4.78 is 0. The van der Waals surface area contributed by atoms with E-state index in [9.17, 15) is 9.59 Å². The molecule has 2 aromatic carbocycles. The van der Waals surface area contributed by atoms with Gasteiger partial charge >= 0.3 is 6.03 Å². The topological polar surface area (TPSA) is 82.3 Å². The number of piperidine rings is 1. The van der Waals surface area contributed by atoms with Crippen LogP contribution in [0.3, 0.4) is 0 Å². The predicted octanol–water partition coefficient (Wildman–Crippen LogP) is 3.83. The molecule has 1 aliphatic rings. The van der Waals surface area contributed by atoms with Gasteiger partial charge in [-0.25, -0.2) is 4.79 Å². The van der Waals surface area contributed by atoms with Crippen LogP contribution < -0.4 is 21.3 Å². The van der Waals surface area contributed by atoms with Crippen molar-refractivity contribution in [3.05, 3.63) is 54.6 Å². The maximum Gasteiger partial charge on any atom is 0.323 e. The average Bonchev–Trinajstić information content (AvgIpc) is 2.63. The van der Waals surface area contributed by atoms with E-state index < -0.39 is 0 Å². The number of urea groups is 1. The molecule has 2 aromatic rings. The molecular weight excluding hydrogens is 352 g/mol. The lowest BCUT2D eigenvalue weighted by molar-refractivity contribution is -0.118. The number of amides is 3. The van der Waals surface area contributed by atoms with Gasteiger partial charge in [0, 0.05) is 17.1 Å². The third-order valence-corrected chi connectivity index (χ3v) is 4.05. The number of rotatable bonds is 4. The van der Waals surface area contributed by atoms with Crippen LogP contribution in [-0.2, 0) is 4.79 Å².